The molecule has 0 fully saturated rings. The van der Waals surface area contributed by atoms with Crippen LogP contribution in [0.2, 0.25) is 0 Å². The number of pyridine rings is 1. The van der Waals surface area contributed by atoms with Crippen molar-refractivity contribution in [2.24, 2.45) is 7.05 Å². The number of aromatic nitrogens is 3. The quantitative estimate of drug-likeness (QED) is 0.420. The summed E-state index contributed by atoms with van der Waals surface area (Å²) in [4.78, 5) is 19.1. The van der Waals surface area contributed by atoms with Crippen molar-refractivity contribution in [3.63, 3.8) is 0 Å². The first kappa shape index (κ1) is 13.6. The van der Waals surface area contributed by atoms with E-state index in [2.05, 4.69) is 9.97 Å². The van der Waals surface area contributed by atoms with E-state index in [0.717, 1.165) is 21.6 Å². The van der Waals surface area contributed by atoms with Crippen LogP contribution in [0.25, 0.3) is 11.0 Å². The maximum atomic E-state index is 10.8. The van der Waals surface area contributed by atoms with Crippen molar-refractivity contribution in [1.82, 2.24) is 14.5 Å². The Kier molecular flexibility index (Phi) is 3.57. The van der Waals surface area contributed by atoms with Crippen molar-refractivity contribution in [3.05, 3.63) is 58.5 Å². The van der Waals surface area contributed by atoms with Gasteiger partial charge in [0.15, 0.2) is 0 Å². The number of nitro groups is 1. The summed E-state index contributed by atoms with van der Waals surface area (Å²) in [5, 5.41) is 11.7. The lowest BCUT2D eigenvalue weighted by molar-refractivity contribution is -0.384. The average molecular weight is 300 g/mol. The van der Waals surface area contributed by atoms with E-state index < -0.39 is 0 Å². The van der Waals surface area contributed by atoms with Crippen molar-refractivity contribution < 1.29 is 4.92 Å². The van der Waals surface area contributed by atoms with Crippen molar-refractivity contribution in [2.75, 3.05) is 0 Å². The van der Waals surface area contributed by atoms with Crippen LogP contribution in [0.3, 0.4) is 0 Å². The Balaban J connectivity index is 1.85. The van der Waals surface area contributed by atoms with Crippen molar-refractivity contribution >= 4 is 28.5 Å². The third kappa shape index (κ3) is 2.73. The van der Waals surface area contributed by atoms with Crippen LogP contribution in [-0.2, 0) is 12.8 Å². The summed E-state index contributed by atoms with van der Waals surface area (Å²) < 4.78 is 1.93. The van der Waals surface area contributed by atoms with Gasteiger partial charge in [0.25, 0.3) is 5.69 Å². The van der Waals surface area contributed by atoms with Crippen molar-refractivity contribution in [2.45, 2.75) is 10.8 Å². The van der Waals surface area contributed by atoms with Crippen LogP contribution in [0, 0.1) is 10.1 Å². The number of aryl methyl sites for hydroxylation is 1. The van der Waals surface area contributed by atoms with E-state index in [-0.39, 0.29) is 10.6 Å². The second kappa shape index (κ2) is 5.53. The maximum Gasteiger partial charge on any atom is 0.269 e. The van der Waals surface area contributed by atoms with Crippen LogP contribution in [0.1, 0.15) is 5.56 Å². The van der Waals surface area contributed by atoms with E-state index in [1.165, 1.54) is 6.07 Å². The fourth-order valence-corrected chi connectivity index (χ4v) is 3.09. The molecule has 0 amide bonds. The smallest absolute Gasteiger partial charge is 0.269 e. The molecule has 7 heteroatoms. The zero-order valence-electron chi connectivity index (χ0n) is 11.3. The molecule has 0 spiro atoms. The number of nitro benzene ring substituents is 1. The molecule has 0 saturated heterocycles. The maximum absolute atomic E-state index is 10.8. The summed E-state index contributed by atoms with van der Waals surface area (Å²) in [6, 6.07) is 8.53. The molecule has 0 N–H and O–H groups in total. The van der Waals surface area contributed by atoms with E-state index in [1.807, 2.05) is 23.7 Å². The number of nitrogens with zero attached hydrogens (tertiary/aromatic N) is 4. The highest BCUT2D eigenvalue weighted by atomic mass is 32.2. The molecular formula is C14H12N4O2S. The van der Waals surface area contributed by atoms with Gasteiger partial charge in [0, 0.05) is 31.1 Å². The molecule has 0 bridgehead atoms. The number of imidazole rings is 1. The van der Waals surface area contributed by atoms with Gasteiger partial charge in [-0.15, -0.1) is 0 Å². The molecule has 2 aromatic heterocycles. The van der Waals surface area contributed by atoms with Gasteiger partial charge in [-0.25, -0.2) is 9.97 Å². The summed E-state index contributed by atoms with van der Waals surface area (Å²) in [7, 11) is 1.93. The first-order valence-corrected chi connectivity index (χ1v) is 7.26. The monoisotopic (exact) mass is 300 g/mol. The average Bonchev–Trinajstić information content (AvgIpc) is 2.88. The summed E-state index contributed by atoms with van der Waals surface area (Å²) >= 11 is 1.55. The van der Waals surface area contributed by atoms with Gasteiger partial charge >= 0.3 is 0 Å². The summed E-state index contributed by atoms with van der Waals surface area (Å²) in [5.74, 6) is 0.624. The molecule has 2 heterocycles. The normalized spacial score (nSPS) is 10.9. The molecule has 0 saturated carbocycles. The van der Waals surface area contributed by atoms with Gasteiger partial charge in [-0.3, -0.25) is 10.1 Å². The SMILES string of the molecule is Cn1cnc2ccnc(SCc3cccc([N+](=O)[O-])c3)c21. The van der Waals surface area contributed by atoms with Gasteiger partial charge in [-0.1, -0.05) is 23.9 Å². The van der Waals surface area contributed by atoms with Gasteiger partial charge in [0.1, 0.15) is 10.5 Å². The molecular weight excluding hydrogens is 288 g/mol. The fourth-order valence-electron chi connectivity index (χ4n) is 2.08. The van der Waals surface area contributed by atoms with E-state index >= 15 is 0 Å². The minimum Gasteiger partial charge on any atom is -0.332 e. The molecule has 3 aromatic rings. The predicted molar refractivity (Wildman–Crippen MR) is 81.2 cm³/mol. The van der Waals surface area contributed by atoms with Gasteiger partial charge in [0.2, 0.25) is 0 Å². The highest BCUT2D eigenvalue weighted by molar-refractivity contribution is 7.98. The van der Waals surface area contributed by atoms with Crippen LogP contribution in [0.5, 0.6) is 0 Å². The van der Waals surface area contributed by atoms with Gasteiger partial charge in [-0.05, 0) is 11.6 Å². The van der Waals surface area contributed by atoms with Gasteiger partial charge in [0.05, 0.1) is 16.8 Å². The van der Waals surface area contributed by atoms with Gasteiger partial charge in [-0.2, -0.15) is 0 Å². The zero-order chi connectivity index (χ0) is 14.8. The summed E-state index contributed by atoms with van der Waals surface area (Å²) in [6.07, 6.45) is 3.48. The molecule has 0 aliphatic carbocycles. The highest BCUT2D eigenvalue weighted by Crippen LogP contribution is 2.28. The third-order valence-electron chi connectivity index (χ3n) is 3.09. The Hall–Kier alpha value is -2.41. The lowest BCUT2D eigenvalue weighted by Crippen LogP contribution is -1.92. The standard InChI is InChI=1S/C14H12N4O2S/c1-17-9-16-12-5-6-15-14(13(12)17)21-8-10-3-2-4-11(7-10)18(19)20/h2-7,9H,8H2,1H3. The van der Waals surface area contributed by atoms with E-state index in [9.17, 15) is 10.1 Å². The molecule has 106 valence electrons. The third-order valence-corrected chi connectivity index (χ3v) is 4.14. The molecule has 0 radical (unpaired) electrons. The predicted octanol–water partition coefficient (Wildman–Crippen LogP) is 3.17. The highest BCUT2D eigenvalue weighted by Gasteiger charge is 2.10. The van der Waals surface area contributed by atoms with Crippen LogP contribution < -0.4 is 0 Å². The van der Waals surface area contributed by atoms with Crippen molar-refractivity contribution in [3.8, 4) is 0 Å². The Morgan fingerprint density at radius 3 is 3.00 bits per heavy atom. The molecule has 0 atom stereocenters. The molecule has 21 heavy (non-hydrogen) atoms. The first-order chi connectivity index (χ1) is 10.1. The Labute approximate surface area is 125 Å². The molecule has 3 rings (SSSR count). The van der Waals surface area contributed by atoms with Crippen LogP contribution in [0.4, 0.5) is 5.69 Å². The lowest BCUT2D eigenvalue weighted by atomic mass is 10.2. The fraction of sp³-hybridized carbons (Fsp3) is 0.143. The largest absolute Gasteiger partial charge is 0.332 e. The molecule has 0 unspecified atom stereocenters. The first-order valence-electron chi connectivity index (χ1n) is 6.27. The molecule has 1 aromatic carbocycles. The topological polar surface area (TPSA) is 73.8 Å². The summed E-state index contributed by atoms with van der Waals surface area (Å²) in [5.41, 5.74) is 2.89. The van der Waals surface area contributed by atoms with Crippen LogP contribution in [0.15, 0.2) is 47.9 Å². The van der Waals surface area contributed by atoms with Crippen molar-refractivity contribution in [1.29, 1.82) is 0 Å². The van der Waals surface area contributed by atoms with Crippen LogP contribution >= 0.6 is 11.8 Å². The molecule has 0 aliphatic heterocycles. The molecule has 0 aliphatic rings. The second-order valence-corrected chi connectivity index (χ2v) is 5.52. The summed E-state index contributed by atoms with van der Waals surface area (Å²) in [6.45, 7) is 0. The Bertz CT molecular complexity index is 816. The van der Waals surface area contributed by atoms with Gasteiger partial charge < -0.3 is 4.57 Å². The van der Waals surface area contributed by atoms with Crippen LogP contribution in [-0.4, -0.2) is 19.5 Å². The Morgan fingerprint density at radius 2 is 2.19 bits per heavy atom. The minimum absolute atomic E-state index is 0.111. The second-order valence-electron chi connectivity index (χ2n) is 4.55. The number of thioether (sulfide) groups is 1. The van der Waals surface area contributed by atoms with E-state index in [0.29, 0.717) is 5.75 Å². The number of hydrogen-bond donors (Lipinski definition) is 0. The number of benzene rings is 1. The number of rotatable bonds is 4. The Morgan fingerprint density at radius 1 is 1.33 bits per heavy atom. The lowest BCUT2D eigenvalue weighted by Gasteiger charge is -2.04. The minimum atomic E-state index is -0.381. The zero-order valence-corrected chi connectivity index (χ0v) is 12.1. The van der Waals surface area contributed by atoms with E-state index in [4.69, 9.17) is 0 Å². The number of non-ortho nitro benzene ring substituents is 1. The number of hydrogen-bond acceptors (Lipinski definition) is 5. The number of fused-ring (bicyclic) bond motifs is 1. The molecule has 6 nitrogen and oxygen atoms in total. The van der Waals surface area contributed by atoms with E-state index in [1.54, 1.807) is 36.4 Å².